The molecule has 3 unspecified atom stereocenters. The summed E-state index contributed by atoms with van der Waals surface area (Å²) in [6, 6.07) is 9.56. The fraction of sp³-hybridized carbons (Fsp3) is 0.429. The Kier molecular flexibility index (Phi) is 5.93. The van der Waals surface area contributed by atoms with Gasteiger partial charge in [0, 0.05) is 0 Å². The van der Waals surface area contributed by atoms with Gasteiger partial charge in [-0.2, -0.15) is 16.8 Å². The van der Waals surface area contributed by atoms with Crippen molar-refractivity contribution in [2.24, 2.45) is 5.92 Å². The van der Waals surface area contributed by atoms with E-state index in [1.54, 1.807) is 24.3 Å². The van der Waals surface area contributed by atoms with Gasteiger partial charge in [-0.15, -0.1) is 0 Å². The minimum atomic E-state index is -4.44. The van der Waals surface area contributed by atoms with Gasteiger partial charge in [-0.25, -0.2) is 0 Å². The third-order valence-electron chi connectivity index (χ3n) is 5.80. The molecular weight excluding hydrogens is 412 g/mol. The summed E-state index contributed by atoms with van der Waals surface area (Å²) in [4.78, 5) is -0.290. The molecule has 2 aromatic carbocycles. The minimum absolute atomic E-state index is 0.145. The van der Waals surface area contributed by atoms with Crippen LogP contribution in [0.2, 0.25) is 0 Å². The van der Waals surface area contributed by atoms with Gasteiger partial charge in [0.25, 0.3) is 20.2 Å². The van der Waals surface area contributed by atoms with Gasteiger partial charge in [-0.3, -0.25) is 9.11 Å². The Bertz CT molecular complexity index is 1140. The highest BCUT2D eigenvalue weighted by atomic mass is 32.2. The summed E-state index contributed by atoms with van der Waals surface area (Å²) in [6.07, 6.45) is 2.15. The lowest BCUT2D eigenvalue weighted by Crippen LogP contribution is -2.24. The smallest absolute Gasteiger partial charge is 0.282 e. The second-order valence-corrected chi connectivity index (χ2v) is 10.9. The molecule has 0 aliphatic heterocycles. The van der Waals surface area contributed by atoms with E-state index in [-0.39, 0.29) is 21.6 Å². The standard InChI is InChI=1S/C21H26O6S2/c1-13-4-7-16(18-11-14(2)5-8-20(18)28(22,23)24)17(10-13)19-12-15(3)6-9-21(19)29(25,26)27/h5-6,8-9,11-13,16-17H,4,7,10H2,1-3H3,(H,22,23,24)(H,25,26,27). The molecule has 1 aliphatic carbocycles. The second kappa shape index (κ2) is 7.83. The van der Waals surface area contributed by atoms with Crippen LogP contribution in [0.5, 0.6) is 0 Å². The van der Waals surface area contributed by atoms with Crippen LogP contribution in [0.4, 0.5) is 0 Å². The van der Waals surface area contributed by atoms with E-state index in [4.69, 9.17) is 0 Å². The van der Waals surface area contributed by atoms with Gasteiger partial charge < -0.3 is 0 Å². The number of hydrogen-bond donors (Lipinski definition) is 2. The molecule has 6 nitrogen and oxygen atoms in total. The van der Waals surface area contributed by atoms with Crippen LogP contribution >= 0.6 is 0 Å². The first kappa shape index (κ1) is 22.0. The van der Waals surface area contributed by atoms with Crippen LogP contribution in [0.1, 0.15) is 60.3 Å². The van der Waals surface area contributed by atoms with Gasteiger partial charge in [0.15, 0.2) is 0 Å². The topological polar surface area (TPSA) is 109 Å². The highest BCUT2D eigenvalue weighted by Crippen LogP contribution is 2.49. The zero-order valence-corrected chi connectivity index (χ0v) is 18.3. The molecule has 0 spiro atoms. The normalized spacial score (nSPS) is 23.1. The van der Waals surface area contributed by atoms with Crippen LogP contribution in [0.15, 0.2) is 46.2 Å². The summed E-state index contributed by atoms with van der Waals surface area (Å²) in [6.45, 7) is 5.76. The Morgan fingerprint density at radius 3 is 1.66 bits per heavy atom. The van der Waals surface area contributed by atoms with E-state index in [9.17, 15) is 25.9 Å². The molecule has 0 amide bonds. The third-order valence-corrected chi connectivity index (χ3v) is 7.65. The minimum Gasteiger partial charge on any atom is -0.282 e. The van der Waals surface area contributed by atoms with Crippen molar-refractivity contribution < 1.29 is 25.9 Å². The summed E-state index contributed by atoms with van der Waals surface area (Å²) in [5.74, 6) is -0.298. The lowest BCUT2D eigenvalue weighted by atomic mass is 9.69. The molecule has 3 atom stereocenters. The van der Waals surface area contributed by atoms with Crippen molar-refractivity contribution in [1.82, 2.24) is 0 Å². The van der Waals surface area contributed by atoms with E-state index in [0.29, 0.717) is 29.9 Å². The molecule has 1 aliphatic rings. The molecule has 0 radical (unpaired) electrons. The maximum absolute atomic E-state index is 12.0. The third kappa shape index (κ3) is 4.71. The van der Waals surface area contributed by atoms with Crippen molar-refractivity contribution in [1.29, 1.82) is 0 Å². The maximum atomic E-state index is 12.0. The Balaban J connectivity index is 2.25. The molecule has 1 fully saturated rings. The van der Waals surface area contributed by atoms with Crippen LogP contribution in [-0.4, -0.2) is 25.9 Å². The van der Waals surface area contributed by atoms with Crippen LogP contribution in [-0.2, 0) is 20.2 Å². The highest BCUT2D eigenvalue weighted by molar-refractivity contribution is 7.86. The molecule has 0 aromatic heterocycles. The summed E-state index contributed by atoms with van der Waals surface area (Å²) < 4.78 is 67.6. The summed E-state index contributed by atoms with van der Waals surface area (Å²) in [7, 11) is -8.87. The van der Waals surface area contributed by atoms with Crippen molar-refractivity contribution in [2.45, 2.75) is 61.7 Å². The Morgan fingerprint density at radius 1 is 0.759 bits per heavy atom. The molecular formula is C21H26O6S2. The first-order valence-electron chi connectivity index (χ1n) is 9.54. The van der Waals surface area contributed by atoms with E-state index < -0.39 is 20.2 Å². The fourth-order valence-corrected chi connectivity index (χ4v) is 5.98. The number of aryl methyl sites for hydroxylation is 2. The zero-order chi connectivity index (χ0) is 21.6. The van der Waals surface area contributed by atoms with Gasteiger partial charge in [-0.1, -0.05) is 48.7 Å². The van der Waals surface area contributed by atoms with E-state index in [0.717, 1.165) is 17.5 Å². The molecule has 29 heavy (non-hydrogen) atoms. The Morgan fingerprint density at radius 2 is 1.21 bits per heavy atom. The lowest BCUT2D eigenvalue weighted by Gasteiger charge is -2.37. The van der Waals surface area contributed by atoms with Gasteiger partial charge in [0.1, 0.15) is 0 Å². The quantitative estimate of drug-likeness (QED) is 0.681. The molecule has 0 heterocycles. The molecule has 3 rings (SSSR count). The Labute approximate surface area is 172 Å². The number of benzene rings is 2. The van der Waals surface area contributed by atoms with E-state index >= 15 is 0 Å². The monoisotopic (exact) mass is 438 g/mol. The van der Waals surface area contributed by atoms with Gasteiger partial charge >= 0.3 is 0 Å². The van der Waals surface area contributed by atoms with Gasteiger partial charge in [-0.05, 0) is 67.7 Å². The summed E-state index contributed by atoms with van der Waals surface area (Å²) in [5.41, 5.74) is 2.69. The zero-order valence-electron chi connectivity index (χ0n) is 16.7. The van der Waals surface area contributed by atoms with Crippen LogP contribution in [0.3, 0.4) is 0 Å². The predicted molar refractivity (Wildman–Crippen MR) is 110 cm³/mol. The van der Waals surface area contributed by atoms with Crippen LogP contribution < -0.4 is 0 Å². The highest BCUT2D eigenvalue weighted by Gasteiger charge is 2.36. The first-order chi connectivity index (χ1) is 13.4. The van der Waals surface area contributed by atoms with Crippen LogP contribution in [0.25, 0.3) is 0 Å². The Hall–Kier alpha value is -1.74. The summed E-state index contributed by atoms with van der Waals surface area (Å²) >= 11 is 0. The van der Waals surface area contributed by atoms with E-state index in [1.807, 2.05) is 13.8 Å². The molecule has 0 saturated heterocycles. The molecule has 2 N–H and O–H groups in total. The average molecular weight is 439 g/mol. The van der Waals surface area contributed by atoms with Crippen molar-refractivity contribution in [3.63, 3.8) is 0 Å². The number of hydrogen-bond acceptors (Lipinski definition) is 4. The van der Waals surface area contributed by atoms with Crippen molar-refractivity contribution in [3.8, 4) is 0 Å². The lowest BCUT2D eigenvalue weighted by molar-refractivity contribution is 0.299. The van der Waals surface area contributed by atoms with E-state index in [2.05, 4.69) is 6.92 Å². The molecule has 8 heteroatoms. The largest absolute Gasteiger partial charge is 0.294 e. The second-order valence-electron chi connectivity index (χ2n) is 8.16. The predicted octanol–water partition coefficient (Wildman–Crippen LogP) is 4.48. The molecule has 1 saturated carbocycles. The summed E-state index contributed by atoms with van der Waals surface area (Å²) in [5, 5.41) is 0. The van der Waals surface area contributed by atoms with Gasteiger partial charge in [0.05, 0.1) is 9.79 Å². The number of rotatable bonds is 4. The maximum Gasteiger partial charge on any atom is 0.294 e. The average Bonchev–Trinajstić information content (AvgIpc) is 2.59. The van der Waals surface area contributed by atoms with Crippen molar-refractivity contribution in [3.05, 3.63) is 58.7 Å². The SMILES string of the molecule is Cc1ccc(S(=O)(=O)O)c(C2CCC(C)CC2c2cc(C)ccc2S(=O)(=O)O)c1. The first-order valence-corrected chi connectivity index (χ1v) is 12.4. The molecule has 2 aromatic rings. The van der Waals surface area contributed by atoms with E-state index in [1.165, 1.54) is 12.1 Å². The van der Waals surface area contributed by atoms with Crippen LogP contribution in [0, 0.1) is 19.8 Å². The molecule has 158 valence electrons. The van der Waals surface area contributed by atoms with Gasteiger partial charge in [0.2, 0.25) is 0 Å². The fourth-order valence-electron chi connectivity index (χ4n) is 4.48. The van der Waals surface area contributed by atoms with Crippen molar-refractivity contribution >= 4 is 20.2 Å². The van der Waals surface area contributed by atoms with Crippen molar-refractivity contribution in [2.75, 3.05) is 0 Å². The molecule has 0 bridgehead atoms.